The topological polar surface area (TPSA) is 46.2 Å². The first-order valence-electron chi connectivity index (χ1n) is 6.94. The van der Waals surface area contributed by atoms with Crippen LogP contribution in [-0.2, 0) is 9.84 Å². The van der Waals surface area contributed by atoms with Gasteiger partial charge in [-0.1, -0.05) is 26.2 Å². The molecule has 0 aromatic heterocycles. The summed E-state index contributed by atoms with van der Waals surface area (Å²) in [6.07, 6.45) is 6.14. The molecule has 17 heavy (non-hydrogen) atoms. The van der Waals surface area contributed by atoms with Crippen molar-refractivity contribution in [2.24, 2.45) is 0 Å². The minimum atomic E-state index is -2.93. The predicted molar refractivity (Wildman–Crippen MR) is 73.0 cm³/mol. The second-order valence-corrected chi connectivity index (χ2v) is 8.03. The molecule has 3 nitrogen and oxygen atoms in total. The van der Waals surface area contributed by atoms with Crippen LogP contribution >= 0.6 is 0 Å². The molecule has 1 rings (SSSR count). The average molecular weight is 261 g/mol. The molecular formula is C13H27NO2S. The minimum Gasteiger partial charge on any atom is -0.313 e. The van der Waals surface area contributed by atoms with Gasteiger partial charge in [-0.2, -0.15) is 0 Å². The first kappa shape index (κ1) is 15.0. The van der Waals surface area contributed by atoms with Crippen LogP contribution in [-0.4, -0.2) is 31.5 Å². The summed E-state index contributed by atoms with van der Waals surface area (Å²) in [7, 11) is -2.93. The van der Waals surface area contributed by atoms with Crippen molar-refractivity contribution >= 4 is 9.84 Å². The molecule has 1 aliphatic rings. The Balaban J connectivity index is 2.50. The van der Waals surface area contributed by atoms with Gasteiger partial charge in [0.2, 0.25) is 0 Å². The van der Waals surface area contributed by atoms with E-state index in [0.717, 1.165) is 32.1 Å². The van der Waals surface area contributed by atoms with E-state index in [0.29, 0.717) is 12.6 Å². The lowest BCUT2D eigenvalue weighted by molar-refractivity contribution is 0.471. The lowest BCUT2D eigenvalue weighted by Gasteiger charge is -2.26. The number of sulfone groups is 1. The Morgan fingerprint density at radius 3 is 2.29 bits per heavy atom. The summed E-state index contributed by atoms with van der Waals surface area (Å²) < 4.78 is 24.7. The van der Waals surface area contributed by atoms with Crippen molar-refractivity contribution in [3.63, 3.8) is 0 Å². The van der Waals surface area contributed by atoms with E-state index in [9.17, 15) is 8.42 Å². The Hall–Kier alpha value is -0.0900. The Labute approximate surface area is 106 Å². The van der Waals surface area contributed by atoms with Crippen LogP contribution in [0.25, 0.3) is 0 Å². The van der Waals surface area contributed by atoms with Gasteiger partial charge in [-0.3, -0.25) is 0 Å². The smallest absolute Gasteiger partial charge is 0.156 e. The average Bonchev–Trinajstić information content (AvgIpc) is 2.36. The van der Waals surface area contributed by atoms with E-state index in [1.807, 2.05) is 6.92 Å². The van der Waals surface area contributed by atoms with E-state index < -0.39 is 9.84 Å². The molecule has 0 saturated heterocycles. The zero-order chi connectivity index (χ0) is 12.9. The summed E-state index contributed by atoms with van der Waals surface area (Å²) in [6.45, 7) is 6.64. The molecule has 0 amide bonds. The maximum absolute atomic E-state index is 12.3. The SMILES string of the molecule is CCC(C)NCC(C)S(=O)(=O)C1CCCCC1. The van der Waals surface area contributed by atoms with Gasteiger partial charge in [-0.15, -0.1) is 0 Å². The quantitative estimate of drug-likeness (QED) is 0.799. The highest BCUT2D eigenvalue weighted by molar-refractivity contribution is 7.92. The minimum absolute atomic E-state index is 0.0787. The van der Waals surface area contributed by atoms with Gasteiger partial charge in [0.1, 0.15) is 0 Å². The third-order valence-electron chi connectivity index (χ3n) is 3.94. The zero-order valence-corrected chi connectivity index (χ0v) is 12.2. The fourth-order valence-electron chi connectivity index (χ4n) is 2.35. The fraction of sp³-hybridized carbons (Fsp3) is 1.00. The van der Waals surface area contributed by atoms with Crippen molar-refractivity contribution in [1.82, 2.24) is 5.32 Å². The van der Waals surface area contributed by atoms with Crippen molar-refractivity contribution in [1.29, 1.82) is 0 Å². The van der Waals surface area contributed by atoms with Crippen molar-refractivity contribution < 1.29 is 8.42 Å². The Bertz CT molecular complexity index is 307. The fourth-order valence-corrected chi connectivity index (χ4v) is 4.33. The predicted octanol–water partition coefficient (Wildman–Crippen LogP) is 2.51. The Morgan fingerprint density at radius 1 is 1.18 bits per heavy atom. The van der Waals surface area contributed by atoms with Crippen LogP contribution in [0.5, 0.6) is 0 Å². The van der Waals surface area contributed by atoms with Gasteiger partial charge < -0.3 is 5.32 Å². The summed E-state index contributed by atoms with van der Waals surface area (Å²) in [4.78, 5) is 0. The van der Waals surface area contributed by atoms with Gasteiger partial charge in [-0.25, -0.2) is 8.42 Å². The summed E-state index contributed by atoms with van der Waals surface area (Å²) in [5.41, 5.74) is 0. The highest BCUT2D eigenvalue weighted by atomic mass is 32.2. The van der Waals surface area contributed by atoms with Crippen LogP contribution in [0.2, 0.25) is 0 Å². The first-order chi connectivity index (χ1) is 7.98. The van der Waals surface area contributed by atoms with Crippen LogP contribution in [0.15, 0.2) is 0 Å². The summed E-state index contributed by atoms with van der Waals surface area (Å²) in [6, 6.07) is 0.402. The number of hydrogen-bond donors (Lipinski definition) is 1. The molecule has 0 bridgehead atoms. The first-order valence-corrected chi connectivity index (χ1v) is 8.55. The van der Waals surface area contributed by atoms with Gasteiger partial charge >= 0.3 is 0 Å². The third kappa shape index (κ3) is 4.25. The Morgan fingerprint density at radius 2 is 1.76 bits per heavy atom. The van der Waals surface area contributed by atoms with Gasteiger partial charge in [0.15, 0.2) is 9.84 Å². The molecule has 0 aromatic rings. The van der Waals surface area contributed by atoms with Crippen molar-refractivity contribution in [2.75, 3.05) is 6.54 Å². The summed E-state index contributed by atoms with van der Waals surface area (Å²) in [5.74, 6) is 0. The third-order valence-corrected chi connectivity index (χ3v) is 6.63. The lowest BCUT2D eigenvalue weighted by Crippen LogP contribution is -2.40. The zero-order valence-electron chi connectivity index (χ0n) is 11.4. The monoisotopic (exact) mass is 261 g/mol. The summed E-state index contributed by atoms with van der Waals surface area (Å²) in [5, 5.41) is 2.97. The van der Waals surface area contributed by atoms with Crippen LogP contribution in [0.4, 0.5) is 0 Å². The maximum atomic E-state index is 12.3. The molecule has 102 valence electrons. The van der Waals surface area contributed by atoms with E-state index >= 15 is 0 Å². The molecule has 0 heterocycles. The largest absolute Gasteiger partial charge is 0.313 e. The van der Waals surface area contributed by atoms with Gasteiger partial charge in [0.05, 0.1) is 10.5 Å². The van der Waals surface area contributed by atoms with Crippen LogP contribution in [0.1, 0.15) is 59.3 Å². The normalized spacial score (nSPS) is 22.3. The van der Waals surface area contributed by atoms with Crippen molar-refractivity contribution in [3.05, 3.63) is 0 Å². The molecule has 0 spiro atoms. The van der Waals surface area contributed by atoms with Gasteiger partial charge in [-0.05, 0) is 33.1 Å². The number of nitrogens with one attached hydrogen (secondary N) is 1. The molecular weight excluding hydrogens is 234 g/mol. The van der Waals surface area contributed by atoms with E-state index in [1.54, 1.807) is 0 Å². The van der Waals surface area contributed by atoms with Crippen LogP contribution in [0.3, 0.4) is 0 Å². The Kier molecular flexibility index (Phi) is 5.93. The molecule has 0 radical (unpaired) electrons. The van der Waals surface area contributed by atoms with Gasteiger partial charge in [0.25, 0.3) is 0 Å². The van der Waals surface area contributed by atoms with Crippen molar-refractivity contribution in [3.8, 4) is 0 Å². The van der Waals surface area contributed by atoms with Gasteiger partial charge in [0, 0.05) is 12.6 Å². The summed E-state index contributed by atoms with van der Waals surface area (Å²) >= 11 is 0. The molecule has 4 heteroatoms. The molecule has 1 aliphatic carbocycles. The molecule has 1 fully saturated rings. The number of rotatable bonds is 6. The van der Waals surface area contributed by atoms with E-state index in [1.165, 1.54) is 6.42 Å². The lowest BCUT2D eigenvalue weighted by atomic mass is 10.0. The highest BCUT2D eigenvalue weighted by Crippen LogP contribution is 2.26. The molecule has 1 saturated carbocycles. The van der Waals surface area contributed by atoms with E-state index in [4.69, 9.17) is 0 Å². The second-order valence-electron chi connectivity index (χ2n) is 5.38. The van der Waals surface area contributed by atoms with E-state index in [2.05, 4.69) is 19.2 Å². The maximum Gasteiger partial charge on any atom is 0.156 e. The van der Waals surface area contributed by atoms with E-state index in [-0.39, 0.29) is 10.5 Å². The van der Waals surface area contributed by atoms with Crippen molar-refractivity contribution in [2.45, 2.75) is 75.8 Å². The second kappa shape index (κ2) is 6.74. The van der Waals surface area contributed by atoms with Crippen LogP contribution in [0, 0.1) is 0 Å². The molecule has 0 aliphatic heterocycles. The molecule has 1 N–H and O–H groups in total. The highest BCUT2D eigenvalue weighted by Gasteiger charge is 2.31. The molecule has 2 unspecified atom stereocenters. The number of hydrogen-bond acceptors (Lipinski definition) is 3. The molecule has 0 aromatic carbocycles. The molecule has 2 atom stereocenters. The standard InChI is InChI=1S/C13H27NO2S/c1-4-11(2)14-10-12(3)17(15,16)13-8-6-5-7-9-13/h11-14H,4-10H2,1-3H3. The van der Waals surface area contributed by atoms with Crippen LogP contribution < -0.4 is 5.32 Å².